The van der Waals surface area contributed by atoms with Crippen molar-refractivity contribution in [2.45, 2.75) is 77.2 Å². The molecule has 21 heavy (non-hydrogen) atoms. The fourth-order valence-corrected chi connectivity index (χ4v) is 3.03. The lowest BCUT2D eigenvalue weighted by molar-refractivity contribution is -0.122. The number of piperidine rings is 1. The maximum Gasteiger partial charge on any atom is 0.220 e. The second-order valence-corrected chi connectivity index (χ2v) is 6.34. The smallest absolute Gasteiger partial charge is 0.220 e. The van der Waals surface area contributed by atoms with Crippen molar-refractivity contribution in [2.24, 2.45) is 5.73 Å². The monoisotopic (exact) mass is 297 g/mol. The molecule has 0 aliphatic carbocycles. The van der Waals surface area contributed by atoms with E-state index >= 15 is 0 Å². The second-order valence-electron chi connectivity index (χ2n) is 6.34. The topological polar surface area (TPSA) is 58.4 Å². The van der Waals surface area contributed by atoms with Gasteiger partial charge < -0.3 is 16.0 Å². The van der Waals surface area contributed by atoms with Crippen molar-refractivity contribution in [3.8, 4) is 0 Å². The van der Waals surface area contributed by atoms with Crippen molar-refractivity contribution in [2.75, 3.05) is 26.2 Å². The maximum atomic E-state index is 11.9. The van der Waals surface area contributed by atoms with Gasteiger partial charge in [0.2, 0.25) is 5.91 Å². The largest absolute Gasteiger partial charge is 0.353 e. The molecule has 0 aromatic rings. The van der Waals surface area contributed by atoms with Gasteiger partial charge in [-0.1, -0.05) is 45.4 Å². The lowest BCUT2D eigenvalue weighted by atomic mass is 10.0. The SMILES string of the molecule is CCCCCCCCCC(=O)NC1CCN(CCN)CC1. The first-order valence-electron chi connectivity index (χ1n) is 8.98. The summed E-state index contributed by atoms with van der Waals surface area (Å²) in [4.78, 5) is 14.3. The summed E-state index contributed by atoms with van der Waals surface area (Å²) in [6.45, 7) is 6.10. The lowest BCUT2D eigenvalue weighted by Crippen LogP contribution is -2.45. The molecule has 4 nitrogen and oxygen atoms in total. The first-order valence-corrected chi connectivity index (χ1v) is 8.98. The maximum absolute atomic E-state index is 11.9. The molecular formula is C17H35N3O. The third-order valence-corrected chi connectivity index (χ3v) is 4.41. The molecule has 1 heterocycles. The number of nitrogens with zero attached hydrogens (tertiary/aromatic N) is 1. The van der Waals surface area contributed by atoms with Gasteiger partial charge in [-0.3, -0.25) is 4.79 Å². The molecule has 3 N–H and O–H groups in total. The number of hydrogen-bond donors (Lipinski definition) is 2. The Hall–Kier alpha value is -0.610. The molecule has 0 spiro atoms. The summed E-state index contributed by atoms with van der Waals surface area (Å²) in [5.74, 6) is 0.251. The molecule has 1 rings (SSSR count). The van der Waals surface area contributed by atoms with E-state index in [2.05, 4.69) is 17.1 Å². The number of carbonyl (C=O) groups excluding carboxylic acids is 1. The van der Waals surface area contributed by atoms with Crippen LogP contribution in [0.4, 0.5) is 0 Å². The Morgan fingerprint density at radius 3 is 2.33 bits per heavy atom. The minimum absolute atomic E-state index is 0.251. The highest BCUT2D eigenvalue weighted by atomic mass is 16.1. The van der Waals surface area contributed by atoms with Crippen LogP contribution in [0.5, 0.6) is 0 Å². The van der Waals surface area contributed by atoms with Gasteiger partial charge in [-0.15, -0.1) is 0 Å². The van der Waals surface area contributed by atoms with E-state index in [-0.39, 0.29) is 5.91 Å². The number of likely N-dealkylation sites (tertiary alicyclic amines) is 1. The van der Waals surface area contributed by atoms with Crippen molar-refractivity contribution in [1.82, 2.24) is 10.2 Å². The molecule has 0 atom stereocenters. The molecule has 1 amide bonds. The van der Waals surface area contributed by atoms with E-state index in [1.165, 1.54) is 38.5 Å². The van der Waals surface area contributed by atoms with Gasteiger partial charge in [-0.2, -0.15) is 0 Å². The Kier molecular flexibility index (Phi) is 10.5. The number of nitrogens with two attached hydrogens (primary N) is 1. The van der Waals surface area contributed by atoms with Gasteiger partial charge in [0.25, 0.3) is 0 Å². The van der Waals surface area contributed by atoms with Gasteiger partial charge in [0.15, 0.2) is 0 Å². The summed E-state index contributed by atoms with van der Waals surface area (Å²) < 4.78 is 0. The zero-order valence-electron chi connectivity index (χ0n) is 13.9. The Morgan fingerprint density at radius 1 is 1.10 bits per heavy atom. The molecule has 1 fully saturated rings. The lowest BCUT2D eigenvalue weighted by Gasteiger charge is -2.32. The Morgan fingerprint density at radius 2 is 1.71 bits per heavy atom. The number of rotatable bonds is 11. The predicted octanol–water partition coefficient (Wildman–Crippen LogP) is 2.67. The molecule has 0 radical (unpaired) electrons. The van der Waals surface area contributed by atoms with Crippen LogP contribution in [0.15, 0.2) is 0 Å². The van der Waals surface area contributed by atoms with Crippen LogP contribution in [-0.4, -0.2) is 43.0 Å². The number of unbranched alkanes of at least 4 members (excludes halogenated alkanes) is 6. The fraction of sp³-hybridized carbons (Fsp3) is 0.941. The molecule has 4 heteroatoms. The zero-order chi connectivity index (χ0) is 15.3. The van der Waals surface area contributed by atoms with Crippen molar-refractivity contribution >= 4 is 5.91 Å². The average molecular weight is 297 g/mol. The summed E-state index contributed by atoms with van der Waals surface area (Å²) in [6, 6.07) is 0.385. The molecule has 1 aliphatic heterocycles. The van der Waals surface area contributed by atoms with E-state index in [0.29, 0.717) is 12.5 Å². The number of hydrogen-bond acceptors (Lipinski definition) is 3. The van der Waals surface area contributed by atoms with Crippen molar-refractivity contribution < 1.29 is 4.79 Å². The highest BCUT2D eigenvalue weighted by Crippen LogP contribution is 2.11. The second kappa shape index (κ2) is 12.0. The van der Waals surface area contributed by atoms with Crippen LogP contribution in [0.25, 0.3) is 0 Å². The molecule has 1 saturated heterocycles. The van der Waals surface area contributed by atoms with Gasteiger partial charge >= 0.3 is 0 Å². The number of amides is 1. The Labute approximate surface area is 130 Å². The summed E-state index contributed by atoms with van der Waals surface area (Å²) in [5, 5.41) is 3.20. The minimum Gasteiger partial charge on any atom is -0.353 e. The summed E-state index contributed by atoms with van der Waals surface area (Å²) >= 11 is 0. The summed E-state index contributed by atoms with van der Waals surface area (Å²) in [6.07, 6.45) is 11.7. The Balaban J connectivity index is 1.96. The first kappa shape index (κ1) is 18.4. The summed E-state index contributed by atoms with van der Waals surface area (Å²) in [7, 11) is 0. The van der Waals surface area contributed by atoms with E-state index in [4.69, 9.17) is 5.73 Å². The molecule has 1 aliphatic rings. The molecule has 0 aromatic carbocycles. The van der Waals surface area contributed by atoms with Crippen LogP contribution in [-0.2, 0) is 4.79 Å². The minimum atomic E-state index is 0.251. The van der Waals surface area contributed by atoms with Gasteiger partial charge in [-0.25, -0.2) is 0 Å². The fourth-order valence-electron chi connectivity index (χ4n) is 3.03. The standard InChI is InChI=1S/C17H35N3O/c1-2-3-4-5-6-7-8-9-17(21)19-16-10-13-20(14-11-16)15-12-18/h16H,2-15,18H2,1H3,(H,19,21). The van der Waals surface area contributed by atoms with Crippen LogP contribution in [0.2, 0.25) is 0 Å². The van der Waals surface area contributed by atoms with E-state index in [1.54, 1.807) is 0 Å². The van der Waals surface area contributed by atoms with E-state index in [0.717, 1.165) is 45.4 Å². The highest BCUT2D eigenvalue weighted by Gasteiger charge is 2.19. The number of nitrogens with one attached hydrogen (secondary N) is 1. The van der Waals surface area contributed by atoms with E-state index in [1.807, 2.05) is 0 Å². The quantitative estimate of drug-likeness (QED) is 0.576. The van der Waals surface area contributed by atoms with E-state index in [9.17, 15) is 4.79 Å². The van der Waals surface area contributed by atoms with Crippen molar-refractivity contribution in [3.63, 3.8) is 0 Å². The predicted molar refractivity (Wildman–Crippen MR) is 89.3 cm³/mol. The number of carbonyl (C=O) groups is 1. The average Bonchev–Trinajstić information content (AvgIpc) is 2.49. The van der Waals surface area contributed by atoms with Crippen LogP contribution in [0.1, 0.15) is 71.1 Å². The molecule has 0 unspecified atom stereocenters. The zero-order valence-corrected chi connectivity index (χ0v) is 13.9. The molecule has 124 valence electrons. The van der Waals surface area contributed by atoms with Crippen LogP contribution < -0.4 is 11.1 Å². The van der Waals surface area contributed by atoms with Gasteiger partial charge in [-0.05, 0) is 19.3 Å². The van der Waals surface area contributed by atoms with Gasteiger partial charge in [0.1, 0.15) is 0 Å². The molecular weight excluding hydrogens is 262 g/mol. The van der Waals surface area contributed by atoms with Gasteiger partial charge in [0.05, 0.1) is 0 Å². The Bertz CT molecular complexity index is 263. The van der Waals surface area contributed by atoms with Crippen LogP contribution in [0, 0.1) is 0 Å². The summed E-state index contributed by atoms with van der Waals surface area (Å²) in [5.41, 5.74) is 5.57. The van der Waals surface area contributed by atoms with Crippen molar-refractivity contribution in [3.05, 3.63) is 0 Å². The van der Waals surface area contributed by atoms with Gasteiger partial charge in [0, 0.05) is 38.6 Å². The first-order chi connectivity index (χ1) is 10.3. The highest BCUT2D eigenvalue weighted by molar-refractivity contribution is 5.76. The van der Waals surface area contributed by atoms with Crippen molar-refractivity contribution in [1.29, 1.82) is 0 Å². The molecule has 0 saturated carbocycles. The van der Waals surface area contributed by atoms with Crippen LogP contribution in [0.3, 0.4) is 0 Å². The third-order valence-electron chi connectivity index (χ3n) is 4.41. The normalized spacial score (nSPS) is 17.0. The molecule has 0 bridgehead atoms. The molecule has 0 aromatic heterocycles. The van der Waals surface area contributed by atoms with Crippen LogP contribution >= 0.6 is 0 Å². The third kappa shape index (κ3) is 9.10. The van der Waals surface area contributed by atoms with E-state index < -0.39 is 0 Å².